The van der Waals surface area contributed by atoms with Gasteiger partial charge in [-0.1, -0.05) is 6.07 Å². The standard InChI is InChI=1S/C21H25N3O3/c1-15-4-5-17(14-20(15)22-16(2)25)21(26)24-12-10-23(11-13-24)18-6-8-19(27-3)9-7-18/h4-9,14H,10-13H2,1-3H3,(H,22,25). The molecule has 0 aromatic heterocycles. The summed E-state index contributed by atoms with van der Waals surface area (Å²) in [7, 11) is 1.65. The Kier molecular flexibility index (Phi) is 5.64. The lowest BCUT2D eigenvalue weighted by Crippen LogP contribution is -2.48. The fourth-order valence-corrected chi connectivity index (χ4v) is 3.22. The topological polar surface area (TPSA) is 61.9 Å². The van der Waals surface area contributed by atoms with Gasteiger partial charge in [-0.15, -0.1) is 0 Å². The van der Waals surface area contributed by atoms with Crippen molar-refractivity contribution in [3.8, 4) is 5.75 Å². The van der Waals surface area contributed by atoms with Gasteiger partial charge in [0, 0.05) is 50.0 Å². The van der Waals surface area contributed by atoms with E-state index in [1.54, 1.807) is 13.2 Å². The van der Waals surface area contributed by atoms with Crippen molar-refractivity contribution in [2.45, 2.75) is 13.8 Å². The van der Waals surface area contributed by atoms with Gasteiger partial charge in [-0.05, 0) is 48.9 Å². The van der Waals surface area contributed by atoms with Crippen LogP contribution in [0.1, 0.15) is 22.8 Å². The summed E-state index contributed by atoms with van der Waals surface area (Å²) in [6.45, 7) is 6.26. The normalized spacial score (nSPS) is 14.0. The second-order valence-electron chi connectivity index (χ2n) is 6.69. The van der Waals surface area contributed by atoms with Crippen LogP contribution >= 0.6 is 0 Å². The summed E-state index contributed by atoms with van der Waals surface area (Å²) in [5.41, 5.74) is 3.35. The minimum atomic E-state index is -0.143. The van der Waals surface area contributed by atoms with Crippen molar-refractivity contribution in [3.63, 3.8) is 0 Å². The predicted molar refractivity (Wildman–Crippen MR) is 107 cm³/mol. The van der Waals surface area contributed by atoms with Crippen LogP contribution in [0.5, 0.6) is 5.75 Å². The number of nitrogens with one attached hydrogen (secondary N) is 1. The Morgan fingerprint density at radius 2 is 1.67 bits per heavy atom. The fourth-order valence-electron chi connectivity index (χ4n) is 3.22. The monoisotopic (exact) mass is 367 g/mol. The molecule has 0 unspecified atom stereocenters. The molecule has 1 aliphatic heterocycles. The number of hydrogen-bond donors (Lipinski definition) is 1. The molecule has 27 heavy (non-hydrogen) atoms. The Morgan fingerprint density at radius 3 is 2.26 bits per heavy atom. The van der Waals surface area contributed by atoms with Crippen LogP contribution in [0.2, 0.25) is 0 Å². The van der Waals surface area contributed by atoms with Gasteiger partial charge in [-0.25, -0.2) is 0 Å². The third kappa shape index (κ3) is 4.39. The van der Waals surface area contributed by atoms with Gasteiger partial charge < -0.3 is 19.9 Å². The summed E-state index contributed by atoms with van der Waals surface area (Å²) in [6, 6.07) is 13.4. The van der Waals surface area contributed by atoms with Crippen molar-refractivity contribution in [1.29, 1.82) is 0 Å². The maximum Gasteiger partial charge on any atom is 0.254 e. The van der Waals surface area contributed by atoms with Crippen LogP contribution in [0.25, 0.3) is 0 Å². The Morgan fingerprint density at radius 1 is 1.00 bits per heavy atom. The highest BCUT2D eigenvalue weighted by Crippen LogP contribution is 2.22. The van der Waals surface area contributed by atoms with E-state index in [-0.39, 0.29) is 11.8 Å². The van der Waals surface area contributed by atoms with Crippen LogP contribution in [-0.4, -0.2) is 50.0 Å². The SMILES string of the molecule is COc1ccc(N2CCN(C(=O)c3ccc(C)c(NC(C)=O)c3)CC2)cc1. The average molecular weight is 367 g/mol. The zero-order valence-corrected chi connectivity index (χ0v) is 16.0. The molecule has 2 amide bonds. The largest absolute Gasteiger partial charge is 0.497 e. The van der Waals surface area contributed by atoms with Crippen LogP contribution in [-0.2, 0) is 4.79 Å². The number of benzene rings is 2. The van der Waals surface area contributed by atoms with E-state index in [9.17, 15) is 9.59 Å². The lowest BCUT2D eigenvalue weighted by molar-refractivity contribution is -0.114. The van der Waals surface area contributed by atoms with E-state index in [0.29, 0.717) is 24.3 Å². The maximum absolute atomic E-state index is 12.9. The van der Waals surface area contributed by atoms with E-state index < -0.39 is 0 Å². The van der Waals surface area contributed by atoms with Crippen LogP contribution in [0.4, 0.5) is 11.4 Å². The van der Waals surface area contributed by atoms with E-state index in [1.807, 2.05) is 48.2 Å². The van der Waals surface area contributed by atoms with Crippen molar-refractivity contribution in [2.24, 2.45) is 0 Å². The molecule has 0 atom stereocenters. The smallest absolute Gasteiger partial charge is 0.254 e. The van der Waals surface area contributed by atoms with Crippen LogP contribution < -0.4 is 15.0 Å². The van der Waals surface area contributed by atoms with Gasteiger partial charge in [-0.3, -0.25) is 9.59 Å². The highest BCUT2D eigenvalue weighted by atomic mass is 16.5. The van der Waals surface area contributed by atoms with E-state index >= 15 is 0 Å². The van der Waals surface area contributed by atoms with Crippen molar-refractivity contribution in [3.05, 3.63) is 53.6 Å². The quantitative estimate of drug-likeness (QED) is 0.903. The summed E-state index contributed by atoms with van der Waals surface area (Å²) in [5.74, 6) is 0.689. The van der Waals surface area contributed by atoms with E-state index in [0.717, 1.165) is 30.1 Å². The van der Waals surface area contributed by atoms with Gasteiger partial charge in [0.25, 0.3) is 5.91 Å². The van der Waals surface area contributed by atoms with Gasteiger partial charge >= 0.3 is 0 Å². The molecule has 2 aromatic carbocycles. The third-order valence-corrected chi connectivity index (χ3v) is 4.80. The molecule has 2 aromatic rings. The molecular formula is C21H25N3O3. The average Bonchev–Trinajstić information content (AvgIpc) is 2.69. The fraction of sp³-hybridized carbons (Fsp3) is 0.333. The van der Waals surface area contributed by atoms with Gasteiger partial charge in [0.15, 0.2) is 0 Å². The highest BCUT2D eigenvalue weighted by Gasteiger charge is 2.23. The van der Waals surface area contributed by atoms with E-state index in [1.165, 1.54) is 6.92 Å². The molecule has 6 nitrogen and oxygen atoms in total. The number of rotatable bonds is 4. The zero-order valence-electron chi connectivity index (χ0n) is 16.0. The van der Waals surface area contributed by atoms with Crippen LogP contribution in [0.3, 0.4) is 0 Å². The van der Waals surface area contributed by atoms with Gasteiger partial charge in [-0.2, -0.15) is 0 Å². The van der Waals surface area contributed by atoms with Gasteiger partial charge in [0.05, 0.1) is 7.11 Å². The number of amides is 2. The summed E-state index contributed by atoms with van der Waals surface area (Å²) in [5, 5.41) is 2.78. The molecule has 1 N–H and O–H groups in total. The third-order valence-electron chi connectivity index (χ3n) is 4.80. The Labute approximate surface area is 159 Å². The first-order valence-corrected chi connectivity index (χ1v) is 9.04. The minimum Gasteiger partial charge on any atom is -0.497 e. The summed E-state index contributed by atoms with van der Waals surface area (Å²) < 4.78 is 5.20. The molecule has 1 saturated heterocycles. The molecule has 1 fully saturated rings. The van der Waals surface area contributed by atoms with Gasteiger partial charge in [0.1, 0.15) is 5.75 Å². The Bertz CT molecular complexity index is 825. The lowest BCUT2D eigenvalue weighted by Gasteiger charge is -2.36. The zero-order chi connectivity index (χ0) is 19.4. The number of anilines is 2. The number of hydrogen-bond acceptors (Lipinski definition) is 4. The number of nitrogens with zero attached hydrogens (tertiary/aromatic N) is 2. The lowest BCUT2D eigenvalue weighted by atomic mass is 10.1. The van der Waals surface area contributed by atoms with Crippen LogP contribution in [0.15, 0.2) is 42.5 Å². The number of carbonyl (C=O) groups is 2. The van der Waals surface area contributed by atoms with Crippen molar-refractivity contribution < 1.29 is 14.3 Å². The molecule has 142 valence electrons. The Balaban J connectivity index is 1.65. The molecule has 1 aliphatic rings. The molecule has 0 saturated carbocycles. The second kappa shape index (κ2) is 8.12. The Hall–Kier alpha value is -3.02. The molecule has 0 spiro atoms. The maximum atomic E-state index is 12.9. The number of carbonyl (C=O) groups excluding carboxylic acids is 2. The number of aryl methyl sites for hydroxylation is 1. The molecule has 6 heteroatoms. The molecule has 3 rings (SSSR count). The number of methoxy groups -OCH3 is 1. The molecule has 0 bridgehead atoms. The van der Waals surface area contributed by atoms with Crippen molar-refractivity contribution in [1.82, 2.24) is 4.90 Å². The summed E-state index contributed by atoms with van der Waals surface area (Å²) in [6.07, 6.45) is 0. The first-order chi connectivity index (χ1) is 13.0. The molecule has 1 heterocycles. The number of piperazine rings is 1. The second-order valence-corrected chi connectivity index (χ2v) is 6.69. The summed E-state index contributed by atoms with van der Waals surface area (Å²) in [4.78, 5) is 28.3. The van der Waals surface area contributed by atoms with Crippen LogP contribution in [0, 0.1) is 6.92 Å². The van der Waals surface area contributed by atoms with E-state index in [4.69, 9.17) is 4.74 Å². The van der Waals surface area contributed by atoms with E-state index in [2.05, 4.69) is 10.2 Å². The first kappa shape index (κ1) is 18.8. The molecule has 0 radical (unpaired) electrons. The molecular weight excluding hydrogens is 342 g/mol. The van der Waals surface area contributed by atoms with Crippen molar-refractivity contribution in [2.75, 3.05) is 43.5 Å². The first-order valence-electron chi connectivity index (χ1n) is 9.04. The summed E-state index contributed by atoms with van der Waals surface area (Å²) >= 11 is 0. The predicted octanol–water partition coefficient (Wildman–Crippen LogP) is 2.92. The van der Waals surface area contributed by atoms with Gasteiger partial charge in [0.2, 0.25) is 5.91 Å². The number of ether oxygens (including phenoxy) is 1. The minimum absolute atomic E-state index is 0.00372. The molecule has 0 aliphatic carbocycles. The van der Waals surface area contributed by atoms with Crippen molar-refractivity contribution >= 4 is 23.2 Å². The highest BCUT2D eigenvalue weighted by molar-refractivity contribution is 5.97.